The number of amides is 1. The molecule has 1 aliphatic carbocycles. The van der Waals surface area contributed by atoms with Gasteiger partial charge in [-0.15, -0.1) is 0 Å². The molecule has 1 fully saturated rings. The third kappa shape index (κ3) is 3.34. The molecule has 3 nitrogen and oxygen atoms in total. The predicted octanol–water partition coefficient (Wildman–Crippen LogP) is 1.98. The summed E-state index contributed by atoms with van der Waals surface area (Å²) < 4.78 is 0. The van der Waals surface area contributed by atoms with Crippen LogP contribution in [0.1, 0.15) is 45.4 Å². The van der Waals surface area contributed by atoms with E-state index in [1.165, 1.54) is 12.8 Å². The van der Waals surface area contributed by atoms with Crippen LogP contribution in [0.15, 0.2) is 12.2 Å². The highest BCUT2D eigenvalue weighted by Gasteiger charge is 2.36. The van der Waals surface area contributed by atoms with Crippen molar-refractivity contribution in [3.63, 3.8) is 0 Å². The molecule has 0 aromatic heterocycles. The minimum Gasteiger partial charge on any atom is -0.352 e. The highest BCUT2D eigenvalue weighted by molar-refractivity contribution is 5.83. The molecule has 1 aliphatic rings. The third-order valence-corrected chi connectivity index (χ3v) is 3.48. The molecule has 0 aromatic carbocycles. The molecule has 0 atom stereocenters. The average molecular weight is 224 g/mol. The highest BCUT2D eigenvalue weighted by Crippen LogP contribution is 2.34. The molecule has 92 valence electrons. The Bertz CT molecular complexity index is 253. The van der Waals surface area contributed by atoms with E-state index in [0.717, 1.165) is 31.3 Å². The van der Waals surface area contributed by atoms with Crippen molar-refractivity contribution >= 4 is 5.91 Å². The number of nitrogens with two attached hydrogens (primary N) is 1. The SMILES string of the molecule is C=C(C)CNC(=O)C1(CN)CCCCCC1. The predicted molar refractivity (Wildman–Crippen MR) is 67.0 cm³/mol. The summed E-state index contributed by atoms with van der Waals surface area (Å²) in [5, 5.41) is 2.95. The van der Waals surface area contributed by atoms with E-state index in [4.69, 9.17) is 5.73 Å². The lowest BCUT2D eigenvalue weighted by atomic mass is 9.79. The lowest BCUT2D eigenvalue weighted by molar-refractivity contribution is -0.131. The van der Waals surface area contributed by atoms with Crippen molar-refractivity contribution < 1.29 is 4.79 Å². The second-order valence-corrected chi connectivity index (χ2v) is 5.04. The lowest BCUT2D eigenvalue weighted by Gasteiger charge is -2.29. The number of nitrogens with one attached hydrogen (secondary N) is 1. The first-order valence-electron chi connectivity index (χ1n) is 6.23. The quantitative estimate of drug-likeness (QED) is 0.566. The fourth-order valence-corrected chi connectivity index (χ4v) is 2.35. The first-order chi connectivity index (χ1) is 7.60. The number of hydrogen-bond acceptors (Lipinski definition) is 2. The summed E-state index contributed by atoms with van der Waals surface area (Å²) in [6.07, 6.45) is 6.58. The van der Waals surface area contributed by atoms with Gasteiger partial charge >= 0.3 is 0 Å². The minimum absolute atomic E-state index is 0.125. The van der Waals surface area contributed by atoms with Crippen LogP contribution in [-0.4, -0.2) is 19.0 Å². The first kappa shape index (κ1) is 13.2. The molecule has 0 spiro atoms. The summed E-state index contributed by atoms with van der Waals surface area (Å²) in [7, 11) is 0. The summed E-state index contributed by atoms with van der Waals surface area (Å²) in [6.45, 7) is 6.75. The molecular formula is C13H24N2O. The fraction of sp³-hybridized carbons (Fsp3) is 0.769. The van der Waals surface area contributed by atoms with Crippen LogP contribution < -0.4 is 11.1 Å². The molecule has 0 bridgehead atoms. The van der Waals surface area contributed by atoms with Crippen LogP contribution in [0.25, 0.3) is 0 Å². The Kier molecular flexibility index (Phi) is 5.00. The normalized spacial score (nSPS) is 19.9. The van der Waals surface area contributed by atoms with Gasteiger partial charge in [0.2, 0.25) is 5.91 Å². The molecule has 1 saturated carbocycles. The molecule has 16 heavy (non-hydrogen) atoms. The number of rotatable bonds is 4. The summed E-state index contributed by atoms with van der Waals surface area (Å²) in [6, 6.07) is 0. The van der Waals surface area contributed by atoms with Crippen LogP contribution in [-0.2, 0) is 4.79 Å². The standard InChI is InChI=1S/C13H24N2O/c1-11(2)9-15-12(16)13(10-14)7-5-3-4-6-8-13/h1,3-10,14H2,2H3,(H,15,16). The van der Waals surface area contributed by atoms with Crippen molar-refractivity contribution in [2.24, 2.45) is 11.1 Å². The topological polar surface area (TPSA) is 55.1 Å². The Balaban J connectivity index is 2.61. The van der Waals surface area contributed by atoms with Gasteiger partial charge in [0.25, 0.3) is 0 Å². The Morgan fingerprint density at radius 3 is 2.31 bits per heavy atom. The summed E-state index contributed by atoms with van der Waals surface area (Å²) in [4.78, 5) is 12.2. The maximum atomic E-state index is 12.2. The maximum Gasteiger partial charge on any atom is 0.227 e. The van der Waals surface area contributed by atoms with Crippen LogP contribution in [0.3, 0.4) is 0 Å². The van der Waals surface area contributed by atoms with E-state index in [-0.39, 0.29) is 11.3 Å². The molecule has 0 radical (unpaired) electrons. The Morgan fingerprint density at radius 2 is 1.88 bits per heavy atom. The molecule has 1 amide bonds. The first-order valence-corrected chi connectivity index (χ1v) is 6.23. The van der Waals surface area contributed by atoms with E-state index in [1.54, 1.807) is 0 Å². The zero-order chi connectivity index (χ0) is 12.0. The second-order valence-electron chi connectivity index (χ2n) is 5.04. The van der Waals surface area contributed by atoms with E-state index in [0.29, 0.717) is 13.1 Å². The van der Waals surface area contributed by atoms with Gasteiger partial charge < -0.3 is 11.1 Å². The van der Waals surface area contributed by atoms with Gasteiger partial charge in [0, 0.05) is 13.1 Å². The van der Waals surface area contributed by atoms with E-state index in [9.17, 15) is 4.79 Å². The number of carbonyl (C=O) groups is 1. The summed E-state index contributed by atoms with van der Waals surface area (Å²) >= 11 is 0. The van der Waals surface area contributed by atoms with Crippen LogP contribution in [0.4, 0.5) is 0 Å². The Labute approximate surface area is 98.5 Å². The Morgan fingerprint density at radius 1 is 1.31 bits per heavy atom. The van der Waals surface area contributed by atoms with Gasteiger partial charge in [-0.1, -0.05) is 37.8 Å². The van der Waals surface area contributed by atoms with Gasteiger partial charge in [-0.2, -0.15) is 0 Å². The maximum absolute atomic E-state index is 12.2. The highest BCUT2D eigenvalue weighted by atomic mass is 16.2. The van der Waals surface area contributed by atoms with E-state index in [1.807, 2.05) is 6.92 Å². The van der Waals surface area contributed by atoms with Crippen LogP contribution >= 0.6 is 0 Å². The Hall–Kier alpha value is -0.830. The average Bonchev–Trinajstić information content (AvgIpc) is 2.51. The van der Waals surface area contributed by atoms with Crippen molar-refractivity contribution in [2.45, 2.75) is 45.4 Å². The smallest absolute Gasteiger partial charge is 0.227 e. The molecule has 1 rings (SSSR count). The minimum atomic E-state index is -0.314. The zero-order valence-electron chi connectivity index (χ0n) is 10.3. The number of carbonyl (C=O) groups excluding carboxylic acids is 1. The van der Waals surface area contributed by atoms with Crippen molar-refractivity contribution in [3.8, 4) is 0 Å². The molecule has 0 aliphatic heterocycles. The van der Waals surface area contributed by atoms with Crippen LogP contribution in [0.5, 0.6) is 0 Å². The summed E-state index contributed by atoms with van der Waals surface area (Å²) in [5.41, 5.74) is 6.50. The molecular weight excluding hydrogens is 200 g/mol. The molecule has 0 heterocycles. The van der Waals surface area contributed by atoms with Gasteiger partial charge in [0.05, 0.1) is 5.41 Å². The molecule has 0 unspecified atom stereocenters. The van der Waals surface area contributed by atoms with Gasteiger partial charge in [-0.3, -0.25) is 4.79 Å². The lowest BCUT2D eigenvalue weighted by Crippen LogP contribution is -2.46. The van der Waals surface area contributed by atoms with Crippen molar-refractivity contribution in [1.29, 1.82) is 0 Å². The fourth-order valence-electron chi connectivity index (χ4n) is 2.35. The van der Waals surface area contributed by atoms with Gasteiger partial charge in [-0.25, -0.2) is 0 Å². The third-order valence-electron chi connectivity index (χ3n) is 3.48. The molecule has 0 aromatic rings. The van der Waals surface area contributed by atoms with Gasteiger partial charge in [0.15, 0.2) is 0 Å². The van der Waals surface area contributed by atoms with Crippen molar-refractivity contribution in [1.82, 2.24) is 5.32 Å². The van der Waals surface area contributed by atoms with Gasteiger partial charge in [0.1, 0.15) is 0 Å². The largest absolute Gasteiger partial charge is 0.352 e. The van der Waals surface area contributed by atoms with E-state index >= 15 is 0 Å². The molecule has 3 heteroatoms. The molecule has 0 saturated heterocycles. The van der Waals surface area contributed by atoms with E-state index < -0.39 is 0 Å². The van der Waals surface area contributed by atoms with Crippen molar-refractivity contribution in [3.05, 3.63) is 12.2 Å². The molecule has 3 N–H and O–H groups in total. The monoisotopic (exact) mass is 224 g/mol. The van der Waals surface area contributed by atoms with Crippen molar-refractivity contribution in [2.75, 3.05) is 13.1 Å². The van der Waals surface area contributed by atoms with Crippen LogP contribution in [0, 0.1) is 5.41 Å². The summed E-state index contributed by atoms with van der Waals surface area (Å²) in [5.74, 6) is 0.125. The second kappa shape index (κ2) is 6.04. The van der Waals surface area contributed by atoms with E-state index in [2.05, 4.69) is 11.9 Å². The number of hydrogen-bond donors (Lipinski definition) is 2. The van der Waals surface area contributed by atoms with Gasteiger partial charge in [-0.05, 0) is 19.8 Å². The zero-order valence-corrected chi connectivity index (χ0v) is 10.3. The van der Waals surface area contributed by atoms with Crippen LogP contribution in [0.2, 0.25) is 0 Å².